The molecule has 2 heterocycles. The SMILES string of the molecule is NC/C(Cl)=C1\CCCN(c2cc3c(cc2F)c(=O)c(C(=O)O)cn3C2CC2)CC1. The van der Waals surface area contributed by atoms with Crippen LogP contribution >= 0.6 is 11.6 Å². The summed E-state index contributed by atoms with van der Waals surface area (Å²) in [7, 11) is 0. The van der Waals surface area contributed by atoms with Gasteiger partial charge >= 0.3 is 5.97 Å². The molecule has 0 bridgehead atoms. The number of carbonyl (C=O) groups is 1. The molecule has 1 aromatic carbocycles. The number of aromatic nitrogens is 1. The van der Waals surface area contributed by atoms with E-state index in [1.54, 1.807) is 6.07 Å². The lowest BCUT2D eigenvalue weighted by Gasteiger charge is -2.24. The number of nitrogens with two attached hydrogens (primary N) is 1. The summed E-state index contributed by atoms with van der Waals surface area (Å²) in [5, 5.41) is 10.1. The van der Waals surface area contributed by atoms with Crippen molar-refractivity contribution in [3.05, 3.63) is 50.5 Å². The van der Waals surface area contributed by atoms with Gasteiger partial charge in [0.2, 0.25) is 5.43 Å². The Morgan fingerprint density at radius 2 is 2.03 bits per heavy atom. The third-order valence-corrected chi connectivity index (χ3v) is 6.19. The molecule has 2 aliphatic rings. The monoisotopic (exact) mass is 419 g/mol. The van der Waals surface area contributed by atoms with Crippen LogP contribution in [0, 0.1) is 5.82 Å². The Morgan fingerprint density at radius 3 is 2.69 bits per heavy atom. The van der Waals surface area contributed by atoms with Crippen molar-refractivity contribution in [3.8, 4) is 0 Å². The third-order valence-electron chi connectivity index (χ3n) is 5.77. The highest BCUT2D eigenvalue weighted by Gasteiger charge is 2.28. The normalized spacial score (nSPS) is 19.3. The van der Waals surface area contributed by atoms with Gasteiger partial charge in [-0.2, -0.15) is 0 Å². The zero-order valence-corrected chi connectivity index (χ0v) is 16.7. The number of fused-ring (bicyclic) bond motifs is 1. The summed E-state index contributed by atoms with van der Waals surface area (Å²) in [6.45, 7) is 1.58. The number of hydrogen-bond acceptors (Lipinski definition) is 4. The van der Waals surface area contributed by atoms with Gasteiger partial charge in [0.15, 0.2) is 0 Å². The van der Waals surface area contributed by atoms with E-state index in [-0.39, 0.29) is 17.0 Å². The largest absolute Gasteiger partial charge is 0.477 e. The topological polar surface area (TPSA) is 88.6 Å². The molecule has 0 unspecified atom stereocenters. The minimum Gasteiger partial charge on any atom is -0.477 e. The average Bonchev–Trinajstić information content (AvgIpc) is 3.54. The van der Waals surface area contributed by atoms with Crippen LogP contribution in [0.15, 0.2) is 33.7 Å². The quantitative estimate of drug-likeness (QED) is 0.790. The zero-order valence-electron chi connectivity index (χ0n) is 16.0. The van der Waals surface area contributed by atoms with E-state index in [0.717, 1.165) is 31.3 Å². The summed E-state index contributed by atoms with van der Waals surface area (Å²) >= 11 is 6.22. The lowest BCUT2D eigenvalue weighted by atomic mass is 10.1. The number of carboxylic acid groups (broad SMARTS) is 1. The number of nitrogens with zero attached hydrogens (tertiary/aromatic N) is 2. The maximum Gasteiger partial charge on any atom is 0.341 e. The van der Waals surface area contributed by atoms with Crippen molar-refractivity contribution in [3.63, 3.8) is 0 Å². The standard InChI is InChI=1S/C21H23ClFN3O3/c22-16(10-24)12-2-1-6-25(7-5-12)19-9-18-14(8-17(19)23)20(27)15(21(28)29)11-26(18)13-3-4-13/h8-9,11,13H,1-7,10,24H2,(H,28,29)/b16-12-. The first-order chi connectivity index (χ1) is 13.9. The second kappa shape index (κ2) is 7.80. The highest BCUT2D eigenvalue weighted by molar-refractivity contribution is 6.30. The van der Waals surface area contributed by atoms with Gasteiger partial charge in [-0.1, -0.05) is 17.2 Å². The fourth-order valence-electron chi connectivity index (χ4n) is 4.05. The van der Waals surface area contributed by atoms with E-state index >= 15 is 4.39 Å². The summed E-state index contributed by atoms with van der Waals surface area (Å²) in [6.07, 6.45) is 5.60. The van der Waals surface area contributed by atoms with Crippen LogP contribution in [0.2, 0.25) is 0 Å². The molecule has 8 heteroatoms. The number of pyridine rings is 1. The summed E-state index contributed by atoms with van der Waals surface area (Å²) in [5.41, 5.74) is 6.80. The maximum absolute atomic E-state index is 15.0. The summed E-state index contributed by atoms with van der Waals surface area (Å²) in [4.78, 5) is 26.0. The number of hydrogen-bond donors (Lipinski definition) is 2. The highest BCUT2D eigenvalue weighted by atomic mass is 35.5. The van der Waals surface area contributed by atoms with Crippen molar-refractivity contribution < 1.29 is 14.3 Å². The first kappa shape index (κ1) is 19.9. The Labute approximate surface area is 172 Å². The molecule has 29 heavy (non-hydrogen) atoms. The molecule has 2 fully saturated rings. The van der Waals surface area contributed by atoms with Gasteiger partial charge in [-0.05, 0) is 44.2 Å². The van der Waals surface area contributed by atoms with Gasteiger partial charge in [0.25, 0.3) is 0 Å². The van der Waals surface area contributed by atoms with Gasteiger partial charge in [0.1, 0.15) is 11.4 Å². The Hall–Kier alpha value is -2.38. The fourth-order valence-corrected chi connectivity index (χ4v) is 4.24. The van der Waals surface area contributed by atoms with Crippen LogP contribution in [-0.2, 0) is 0 Å². The van der Waals surface area contributed by atoms with E-state index in [1.165, 1.54) is 12.3 Å². The maximum atomic E-state index is 15.0. The molecule has 1 aliphatic heterocycles. The molecule has 1 aliphatic carbocycles. The summed E-state index contributed by atoms with van der Waals surface area (Å²) in [6, 6.07) is 3.03. The van der Waals surface area contributed by atoms with E-state index < -0.39 is 17.2 Å². The van der Waals surface area contributed by atoms with Gasteiger partial charge in [0, 0.05) is 42.3 Å². The molecule has 1 saturated carbocycles. The number of aromatic carboxylic acids is 1. The van der Waals surface area contributed by atoms with E-state index in [4.69, 9.17) is 17.3 Å². The second-order valence-electron chi connectivity index (χ2n) is 7.69. The Morgan fingerprint density at radius 1 is 1.28 bits per heavy atom. The van der Waals surface area contributed by atoms with Crippen molar-refractivity contribution in [1.82, 2.24) is 4.57 Å². The molecular weight excluding hydrogens is 397 g/mol. The molecule has 0 atom stereocenters. The lowest BCUT2D eigenvalue weighted by Crippen LogP contribution is -2.26. The first-order valence-electron chi connectivity index (χ1n) is 9.83. The molecule has 0 amide bonds. The summed E-state index contributed by atoms with van der Waals surface area (Å²) in [5.74, 6) is -1.81. The van der Waals surface area contributed by atoms with Crippen molar-refractivity contribution >= 4 is 34.2 Å². The van der Waals surface area contributed by atoms with Gasteiger partial charge in [-0.25, -0.2) is 9.18 Å². The van der Waals surface area contributed by atoms with Crippen molar-refractivity contribution in [2.75, 3.05) is 24.5 Å². The molecule has 0 spiro atoms. The average molecular weight is 420 g/mol. The van der Waals surface area contributed by atoms with Gasteiger partial charge in [-0.3, -0.25) is 4.79 Å². The van der Waals surface area contributed by atoms with Crippen LogP contribution < -0.4 is 16.1 Å². The lowest BCUT2D eigenvalue weighted by molar-refractivity contribution is 0.0695. The molecule has 6 nitrogen and oxygen atoms in total. The van der Waals surface area contributed by atoms with Gasteiger partial charge < -0.3 is 20.3 Å². The Balaban J connectivity index is 1.80. The van der Waals surface area contributed by atoms with Crippen molar-refractivity contribution in [2.24, 2.45) is 5.73 Å². The smallest absolute Gasteiger partial charge is 0.341 e. The minimum atomic E-state index is -1.29. The molecule has 1 aromatic heterocycles. The molecule has 1 saturated heterocycles. The van der Waals surface area contributed by atoms with Gasteiger partial charge in [-0.15, -0.1) is 0 Å². The van der Waals surface area contributed by atoms with Crippen LogP contribution in [0.3, 0.4) is 0 Å². The Bertz CT molecular complexity index is 1080. The van der Waals surface area contributed by atoms with Crippen LogP contribution in [0.1, 0.15) is 48.5 Å². The number of carboxylic acids is 1. The van der Waals surface area contributed by atoms with E-state index in [9.17, 15) is 14.7 Å². The van der Waals surface area contributed by atoms with Crippen LogP contribution in [0.25, 0.3) is 10.9 Å². The fraction of sp³-hybridized carbons (Fsp3) is 0.429. The molecule has 0 radical (unpaired) electrons. The van der Waals surface area contributed by atoms with Crippen LogP contribution in [-0.4, -0.2) is 35.3 Å². The molecule has 3 N–H and O–H groups in total. The molecular formula is C21H23ClFN3O3. The predicted molar refractivity (Wildman–Crippen MR) is 111 cm³/mol. The zero-order chi connectivity index (χ0) is 20.7. The van der Waals surface area contributed by atoms with E-state index in [0.29, 0.717) is 42.3 Å². The Kier molecular flexibility index (Phi) is 5.36. The van der Waals surface area contributed by atoms with E-state index in [1.807, 2.05) is 9.47 Å². The molecule has 154 valence electrons. The van der Waals surface area contributed by atoms with Crippen LogP contribution in [0.4, 0.5) is 10.1 Å². The van der Waals surface area contributed by atoms with Crippen molar-refractivity contribution in [1.29, 1.82) is 0 Å². The second-order valence-corrected chi connectivity index (χ2v) is 8.15. The minimum absolute atomic E-state index is 0.111. The molecule has 2 aromatic rings. The predicted octanol–water partition coefficient (Wildman–Crippen LogP) is 3.62. The van der Waals surface area contributed by atoms with Gasteiger partial charge in [0.05, 0.1) is 11.2 Å². The van der Waals surface area contributed by atoms with Crippen LogP contribution in [0.5, 0.6) is 0 Å². The number of benzene rings is 1. The van der Waals surface area contributed by atoms with E-state index in [2.05, 4.69) is 0 Å². The molecule has 4 rings (SSSR count). The number of rotatable bonds is 4. The number of halogens is 2. The third kappa shape index (κ3) is 3.76. The first-order valence-corrected chi connectivity index (χ1v) is 10.2. The number of anilines is 1. The summed E-state index contributed by atoms with van der Waals surface area (Å²) < 4.78 is 16.8. The van der Waals surface area contributed by atoms with Crippen molar-refractivity contribution in [2.45, 2.75) is 38.1 Å². The highest BCUT2D eigenvalue weighted by Crippen LogP contribution is 2.38.